The van der Waals surface area contributed by atoms with E-state index in [9.17, 15) is 4.79 Å². The summed E-state index contributed by atoms with van der Waals surface area (Å²) in [7, 11) is 0. The zero-order chi connectivity index (χ0) is 22.8. The molecule has 3 rings (SSSR count). The second-order valence-electron chi connectivity index (χ2n) is 9.16. The van der Waals surface area contributed by atoms with Crippen LogP contribution in [0.4, 0.5) is 0 Å². The van der Waals surface area contributed by atoms with Gasteiger partial charge in [-0.3, -0.25) is 4.79 Å². The maximum absolute atomic E-state index is 11.2. The number of benzene rings is 2. The first-order chi connectivity index (χ1) is 15.6. The Morgan fingerprint density at radius 2 is 1.78 bits per heavy atom. The number of rotatable bonds is 11. The van der Waals surface area contributed by atoms with Gasteiger partial charge in [0.25, 0.3) is 0 Å². The molecular formula is C29H39NO2. The number of hydrogen-bond donors (Lipinski definition) is 1. The van der Waals surface area contributed by atoms with Crippen molar-refractivity contribution in [1.29, 1.82) is 0 Å². The average molecular weight is 434 g/mol. The highest BCUT2D eigenvalue weighted by Gasteiger charge is 2.22. The van der Waals surface area contributed by atoms with Crippen molar-refractivity contribution in [1.82, 2.24) is 5.32 Å². The molecule has 0 spiro atoms. The highest BCUT2D eigenvalue weighted by atomic mass is 16.5. The summed E-state index contributed by atoms with van der Waals surface area (Å²) in [5.41, 5.74) is 5.05. The van der Waals surface area contributed by atoms with Crippen LogP contribution in [0.5, 0.6) is 5.75 Å². The molecule has 0 atom stereocenters. The molecule has 0 aliphatic heterocycles. The van der Waals surface area contributed by atoms with Crippen LogP contribution < -0.4 is 10.1 Å². The van der Waals surface area contributed by atoms with Gasteiger partial charge in [-0.05, 0) is 84.9 Å². The number of amides is 1. The molecule has 0 radical (unpaired) electrons. The summed E-state index contributed by atoms with van der Waals surface area (Å²) in [6.07, 6.45) is 12.3. The Morgan fingerprint density at radius 3 is 2.44 bits per heavy atom. The van der Waals surface area contributed by atoms with Gasteiger partial charge in [-0.25, -0.2) is 0 Å². The largest absolute Gasteiger partial charge is 0.491 e. The molecule has 0 unspecified atom stereocenters. The Balaban J connectivity index is 1.52. The van der Waals surface area contributed by atoms with Crippen molar-refractivity contribution in [3.05, 3.63) is 66.2 Å². The summed E-state index contributed by atoms with van der Waals surface area (Å²) in [5, 5.41) is 2.72. The van der Waals surface area contributed by atoms with E-state index in [1.54, 1.807) is 0 Å². The van der Waals surface area contributed by atoms with E-state index in [-0.39, 0.29) is 5.91 Å². The van der Waals surface area contributed by atoms with E-state index >= 15 is 0 Å². The molecule has 2 aromatic carbocycles. The molecular weight excluding hydrogens is 394 g/mol. The number of ether oxygens (including phenoxy) is 1. The van der Waals surface area contributed by atoms with Crippen molar-refractivity contribution in [2.75, 3.05) is 13.2 Å². The quantitative estimate of drug-likeness (QED) is 0.301. The molecule has 32 heavy (non-hydrogen) atoms. The molecule has 0 bridgehead atoms. The average Bonchev–Trinajstić information content (AvgIpc) is 2.83. The number of hydrogen-bond acceptors (Lipinski definition) is 2. The minimum absolute atomic E-state index is 0.177. The predicted molar refractivity (Wildman–Crippen MR) is 134 cm³/mol. The Bertz CT molecular complexity index is 863. The van der Waals surface area contributed by atoms with Gasteiger partial charge in [-0.2, -0.15) is 0 Å². The van der Waals surface area contributed by atoms with Crippen molar-refractivity contribution in [3.8, 4) is 16.9 Å². The Hall–Kier alpha value is -2.55. The summed E-state index contributed by atoms with van der Waals surface area (Å²) in [6.45, 7) is 8.70. The Labute approximate surface area is 194 Å². The van der Waals surface area contributed by atoms with E-state index in [0.717, 1.165) is 23.1 Å². The van der Waals surface area contributed by atoms with Gasteiger partial charge in [-0.15, -0.1) is 0 Å². The van der Waals surface area contributed by atoms with E-state index in [0.29, 0.717) is 13.2 Å². The molecule has 0 heterocycles. The minimum Gasteiger partial charge on any atom is -0.491 e. The van der Waals surface area contributed by atoms with Crippen LogP contribution in [0.3, 0.4) is 0 Å². The van der Waals surface area contributed by atoms with Crippen molar-refractivity contribution in [3.63, 3.8) is 0 Å². The van der Waals surface area contributed by atoms with Crippen LogP contribution in [0.2, 0.25) is 0 Å². The van der Waals surface area contributed by atoms with E-state index in [1.807, 2.05) is 6.07 Å². The van der Waals surface area contributed by atoms with Gasteiger partial charge in [0.1, 0.15) is 12.4 Å². The molecule has 0 saturated heterocycles. The summed E-state index contributed by atoms with van der Waals surface area (Å²) in [6, 6.07) is 15.5. The third kappa shape index (κ3) is 6.98. The van der Waals surface area contributed by atoms with E-state index < -0.39 is 0 Å². The van der Waals surface area contributed by atoms with Crippen molar-refractivity contribution in [2.45, 2.75) is 71.1 Å². The first-order valence-electron chi connectivity index (χ1n) is 12.3. The van der Waals surface area contributed by atoms with Crippen LogP contribution in [-0.2, 0) is 4.79 Å². The zero-order valence-corrected chi connectivity index (χ0v) is 19.9. The second-order valence-corrected chi connectivity index (χ2v) is 9.16. The fraction of sp³-hybridized carbons (Fsp3) is 0.483. The van der Waals surface area contributed by atoms with E-state index in [4.69, 9.17) is 4.74 Å². The smallest absolute Gasteiger partial charge is 0.243 e. The molecule has 2 aromatic rings. The molecule has 1 amide bonds. The lowest BCUT2D eigenvalue weighted by atomic mass is 9.77. The molecule has 1 N–H and O–H groups in total. The van der Waals surface area contributed by atoms with Crippen LogP contribution in [0.25, 0.3) is 11.1 Å². The molecule has 172 valence electrons. The van der Waals surface area contributed by atoms with Gasteiger partial charge < -0.3 is 10.1 Å². The summed E-state index contributed by atoms with van der Waals surface area (Å²) in [4.78, 5) is 11.2. The first kappa shape index (κ1) is 24.1. The molecule has 3 nitrogen and oxygen atoms in total. The fourth-order valence-corrected chi connectivity index (χ4v) is 4.81. The predicted octanol–water partition coefficient (Wildman–Crippen LogP) is 7.20. The Morgan fingerprint density at radius 1 is 1.06 bits per heavy atom. The lowest BCUT2D eigenvalue weighted by Crippen LogP contribution is -2.26. The Kier molecular flexibility index (Phi) is 9.40. The highest BCUT2D eigenvalue weighted by molar-refractivity contribution is 5.86. The molecule has 0 aromatic heterocycles. The number of unbranched alkanes of at least 4 members (excludes halogenated alkanes) is 2. The molecule has 1 saturated carbocycles. The number of aryl methyl sites for hydroxylation is 1. The number of nitrogens with one attached hydrogen (secondary N) is 1. The summed E-state index contributed by atoms with van der Waals surface area (Å²) in [5.74, 6) is 2.36. The maximum atomic E-state index is 11.2. The van der Waals surface area contributed by atoms with Gasteiger partial charge in [0.2, 0.25) is 5.91 Å². The van der Waals surface area contributed by atoms with Crippen LogP contribution in [0.15, 0.2) is 55.1 Å². The zero-order valence-electron chi connectivity index (χ0n) is 19.9. The third-order valence-corrected chi connectivity index (χ3v) is 6.80. The van der Waals surface area contributed by atoms with Crippen LogP contribution in [0.1, 0.15) is 75.3 Å². The van der Waals surface area contributed by atoms with Crippen LogP contribution in [0, 0.1) is 12.8 Å². The molecule has 1 fully saturated rings. The minimum atomic E-state index is -0.177. The van der Waals surface area contributed by atoms with Crippen molar-refractivity contribution < 1.29 is 9.53 Å². The third-order valence-electron chi connectivity index (χ3n) is 6.80. The SMILES string of the molecule is C=CC(=O)NCCOc1ccc(-c2ccc(C3CCC(CCCCC)CC3)cc2)cc1C. The lowest BCUT2D eigenvalue weighted by molar-refractivity contribution is -0.116. The summed E-state index contributed by atoms with van der Waals surface area (Å²) < 4.78 is 5.81. The summed E-state index contributed by atoms with van der Waals surface area (Å²) >= 11 is 0. The second kappa shape index (κ2) is 12.5. The number of carbonyl (C=O) groups is 1. The van der Waals surface area contributed by atoms with Gasteiger partial charge in [-0.1, -0.05) is 69.5 Å². The van der Waals surface area contributed by atoms with E-state index in [1.165, 1.54) is 74.1 Å². The standard InChI is InChI=1S/C29H39NO2/c1-4-6-7-8-23-9-11-24(12-10-23)25-13-15-26(16-14-25)27-17-18-28(22(3)21-27)32-20-19-30-29(31)5-2/h5,13-18,21,23-24H,2,4,6-12,19-20H2,1,3H3,(H,30,31). The maximum Gasteiger partial charge on any atom is 0.243 e. The molecule has 1 aliphatic carbocycles. The van der Waals surface area contributed by atoms with Crippen LogP contribution in [-0.4, -0.2) is 19.1 Å². The van der Waals surface area contributed by atoms with Crippen LogP contribution >= 0.6 is 0 Å². The normalized spacial score (nSPS) is 18.2. The van der Waals surface area contributed by atoms with Crippen molar-refractivity contribution in [2.24, 2.45) is 5.92 Å². The molecule has 1 aliphatic rings. The van der Waals surface area contributed by atoms with Gasteiger partial charge in [0, 0.05) is 0 Å². The van der Waals surface area contributed by atoms with Gasteiger partial charge in [0.05, 0.1) is 6.54 Å². The van der Waals surface area contributed by atoms with Gasteiger partial charge >= 0.3 is 0 Å². The van der Waals surface area contributed by atoms with Crippen molar-refractivity contribution >= 4 is 5.91 Å². The fourth-order valence-electron chi connectivity index (χ4n) is 4.81. The lowest BCUT2D eigenvalue weighted by Gasteiger charge is -2.29. The van der Waals surface area contributed by atoms with Gasteiger partial charge in [0.15, 0.2) is 0 Å². The molecule has 3 heteroatoms. The monoisotopic (exact) mass is 433 g/mol. The first-order valence-corrected chi connectivity index (χ1v) is 12.3. The number of carbonyl (C=O) groups excluding carboxylic acids is 1. The van der Waals surface area contributed by atoms with E-state index in [2.05, 4.69) is 62.1 Å². The topological polar surface area (TPSA) is 38.3 Å². The highest BCUT2D eigenvalue weighted by Crippen LogP contribution is 2.38.